The van der Waals surface area contributed by atoms with Crippen molar-refractivity contribution in [2.75, 3.05) is 0 Å². The van der Waals surface area contributed by atoms with Crippen molar-refractivity contribution in [3.63, 3.8) is 0 Å². The maximum atomic E-state index is 12.3. The Bertz CT molecular complexity index is 454. The normalized spacial score (nSPS) is 27.0. The topological polar surface area (TPSA) is 55.1 Å². The van der Waals surface area contributed by atoms with Crippen molar-refractivity contribution in [1.82, 2.24) is 5.32 Å². The molecule has 1 aliphatic rings. The molecule has 19 heavy (non-hydrogen) atoms. The minimum absolute atomic E-state index is 0.0499. The first-order valence-corrected chi connectivity index (χ1v) is 7.11. The van der Waals surface area contributed by atoms with E-state index < -0.39 is 0 Å². The minimum Gasteiger partial charge on any atom is -0.352 e. The lowest BCUT2D eigenvalue weighted by molar-refractivity contribution is -0.128. The van der Waals surface area contributed by atoms with Gasteiger partial charge in [0.15, 0.2) is 0 Å². The van der Waals surface area contributed by atoms with E-state index in [0.717, 1.165) is 31.2 Å². The Morgan fingerprint density at radius 3 is 2.95 bits per heavy atom. The molecule has 0 spiro atoms. The molecule has 0 bridgehead atoms. The van der Waals surface area contributed by atoms with E-state index in [1.807, 2.05) is 19.1 Å². The van der Waals surface area contributed by atoms with Gasteiger partial charge in [0, 0.05) is 12.1 Å². The van der Waals surface area contributed by atoms with Crippen LogP contribution in [-0.2, 0) is 11.3 Å². The van der Waals surface area contributed by atoms with Gasteiger partial charge in [-0.05, 0) is 32.3 Å². The van der Waals surface area contributed by atoms with Crippen LogP contribution in [0.1, 0.15) is 43.7 Å². The summed E-state index contributed by atoms with van der Waals surface area (Å²) in [5.41, 5.74) is 8.26. The third kappa shape index (κ3) is 3.57. The molecule has 1 amide bonds. The predicted molar refractivity (Wildman–Crippen MR) is 77.6 cm³/mol. The summed E-state index contributed by atoms with van der Waals surface area (Å²) in [4.78, 5) is 12.3. The Morgan fingerprint density at radius 1 is 1.47 bits per heavy atom. The van der Waals surface area contributed by atoms with Crippen LogP contribution in [0.4, 0.5) is 0 Å². The Morgan fingerprint density at radius 2 is 2.26 bits per heavy atom. The van der Waals surface area contributed by atoms with Crippen LogP contribution in [0.5, 0.6) is 0 Å². The number of nitrogens with two attached hydrogens (primary N) is 1. The number of amides is 1. The summed E-state index contributed by atoms with van der Waals surface area (Å²) in [5.74, 6) is 0.0530. The molecule has 1 aliphatic carbocycles. The van der Waals surface area contributed by atoms with Gasteiger partial charge in [0.1, 0.15) is 0 Å². The van der Waals surface area contributed by atoms with E-state index in [9.17, 15) is 4.79 Å². The van der Waals surface area contributed by atoms with Crippen LogP contribution in [0.2, 0.25) is 0 Å². The van der Waals surface area contributed by atoms with Gasteiger partial charge in [0.2, 0.25) is 5.91 Å². The molecule has 104 valence electrons. The average Bonchev–Trinajstić information content (AvgIpc) is 2.35. The summed E-state index contributed by atoms with van der Waals surface area (Å²) < 4.78 is 0. The first-order valence-electron chi connectivity index (χ1n) is 7.11. The molecular formula is C16H24N2O. The molecule has 0 heterocycles. The SMILES string of the molecule is Cc1cccc(CNC(=O)C2CCCCC2(C)N)c1. The lowest BCUT2D eigenvalue weighted by Crippen LogP contribution is -2.52. The van der Waals surface area contributed by atoms with E-state index in [4.69, 9.17) is 5.73 Å². The second-order valence-corrected chi connectivity index (χ2v) is 6.01. The molecule has 1 aromatic carbocycles. The molecular weight excluding hydrogens is 236 g/mol. The summed E-state index contributed by atoms with van der Waals surface area (Å²) in [5, 5.41) is 3.03. The molecule has 1 saturated carbocycles. The quantitative estimate of drug-likeness (QED) is 0.877. The number of carbonyl (C=O) groups excluding carboxylic acids is 1. The zero-order valence-electron chi connectivity index (χ0n) is 11.9. The number of benzene rings is 1. The number of hydrogen-bond acceptors (Lipinski definition) is 2. The Hall–Kier alpha value is -1.35. The van der Waals surface area contributed by atoms with Crippen molar-refractivity contribution in [3.05, 3.63) is 35.4 Å². The van der Waals surface area contributed by atoms with Gasteiger partial charge in [0.25, 0.3) is 0 Å². The highest BCUT2D eigenvalue weighted by molar-refractivity contribution is 5.80. The van der Waals surface area contributed by atoms with Crippen molar-refractivity contribution in [3.8, 4) is 0 Å². The second kappa shape index (κ2) is 5.74. The van der Waals surface area contributed by atoms with Gasteiger partial charge in [-0.25, -0.2) is 0 Å². The standard InChI is InChI=1S/C16H24N2O/c1-12-6-5-7-13(10-12)11-18-15(19)14-8-3-4-9-16(14,2)17/h5-7,10,14H,3-4,8-9,11,17H2,1-2H3,(H,18,19). The summed E-state index contributed by atoms with van der Waals surface area (Å²) in [6.07, 6.45) is 4.09. The smallest absolute Gasteiger partial charge is 0.225 e. The molecule has 0 aliphatic heterocycles. The van der Waals surface area contributed by atoms with Crippen LogP contribution < -0.4 is 11.1 Å². The van der Waals surface area contributed by atoms with Gasteiger partial charge in [-0.3, -0.25) is 4.79 Å². The van der Waals surface area contributed by atoms with Crippen LogP contribution in [0.15, 0.2) is 24.3 Å². The van der Waals surface area contributed by atoms with Gasteiger partial charge in [-0.2, -0.15) is 0 Å². The van der Waals surface area contributed by atoms with E-state index in [1.165, 1.54) is 5.56 Å². The minimum atomic E-state index is -0.352. The van der Waals surface area contributed by atoms with Gasteiger partial charge < -0.3 is 11.1 Å². The van der Waals surface area contributed by atoms with Gasteiger partial charge in [-0.1, -0.05) is 42.7 Å². The van der Waals surface area contributed by atoms with Crippen molar-refractivity contribution >= 4 is 5.91 Å². The van der Waals surface area contributed by atoms with Gasteiger partial charge in [0.05, 0.1) is 5.92 Å². The summed E-state index contributed by atoms with van der Waals surface area (Å²) >= 11 is 0. The van der Waals surface area contributed by atoms with Crippen molar-refractivity contribution in [2.45, 2.75) is 51.6 Å². The molecule has 0 radical (unpaired) electrons. The fraction of sp³-hybridized carbons (Fsp3) is 0.562. The lowest BCUT2D eigenvalue weighted by atomic mass is 9.74. The monoisotopic (exact) mass is 260 g/mol. The second-order valence-electron chi connectivity index (χ2n) is 6.01. The molecule has 3 heteroatoms. The van der Waals surface area contributed by atoms with Crippen molar-refractivity contribution in [2.24, 2.45) is 11.7 Å². The number of nitrogens with one attached hydrogen (secondary N) is 1. The fourth-order valence-electron chi connectivity index (χ4n) is 2.92. The molecule has 0 aromatic heterocycles. The molecule has 3 N–H and O–H groups in total. The molecule has 2 rings (SSSR count). The van der Waals surface area contributed by atoms with Crippen LogP contribution in [0.3, 0.4) is 0 Å². The maximum Gasteiger partial charge on any atom is 0.225 e. The molecule has 1 fully saturated rings. The van der Waals surface area contributed by atoms with Crippen LogP contribution in [0, 0.1) is 12.8 Å². The van der Waals surface area contributed by atoms with Gasteiger partial charge in [-0.15, -0.1) is 0 Å². The molecule has 0 saturated heterocycles. The average molecular weight is 260 g/mol. The molecule has 1 aromatic rings. The van der Waals surface area contributed by atoms with Crippen LogP contribution in [0.25, 0.3) is 0 Å². The van der Waals surface area contributed by atoms with Crippen LogP contribution >= 0.6 is 0 Å². The zero-order chi connectivity index (χ0) is 13.9. The van der Waals surface area contributed by atoms with E-state index in [-0.39, 0.29) is 17.4 Å². The van der Waals surface area contributed by atoms with Crippen LogP contribution in [-0.4, -0.2) is 11.4 Å². The number of rotatable bonds is 3. The lowest BCUT2D eigenvalue weighted by Gasteiger charge is -2.37. The van der Waals surface area contributed by atoms with E-state index in [1.54, 1.807) is 0 Å². The Balaban J connectivity index is 1.94. The Kier molecular flexibility index (Phi) is 4.25. The van der Waals surface area contributed by atoms with E-state index >= 15 is 0 Å². The fourth-order valence-corrected chi connectivity index (χ4v) is 2.92. The third-order valence-electron chi connectivity index (χ3n) is 4.12. The number of hydrogen-bond donors (Lipinski definition) is 2. The maximum absolute atomic E-state index is 12.3. The highest BCUT2D eigenvalue weighted by Crippen LogP contribution is 2.31. The number of carbonyl (C=O) groups is 1. The highest BCUT2D eigenvalue weighted by Gasteiger charge is 2.37. The molecule has 2 atom stereocenters. The largest absolute Gasteiger partial charge is 0.352 e. The van der Waals surface area contributed by atoms with Crippen molar-refractivity contribution in [1.29, 1.82) is 0 Å². The van der Waals surface area contributed by atoms with E-state index in [0.29, 0.717) is 6.54 Å². The van der Waals surface area contributed by atoms with Gasteiger partial charge >= 0.3 is 0 Å². The summed E-state index contributed by atoms with van der Waals surface area (Å²) in [6.45, 7) is 4.65. The Labute approximate surface area is 115 Å². The summed E-state index contributed by atoms with van der Waals surface area (Å²) in [7, 11) is 0. The summed E-state index contributed by atoms with van der Waals surface area (Å²) in [6, 6.07) is 8.21. The number of aryl methyl sites for hydroxylation is 1. The zero-order valence-corrected chi connectivity index (χ0v) is 11.9. The van der Waals surface area contributed by atoms with Crippen molar-refractivity contribution < 1.29 is 4.79 Å². The highest BCUT2D eigenvalue weighted by atomic mass is 16.1. The first kappa shape index (κ1) is 14.1. The predicted octanol–water partition coefficient (Wildman–Crippen LogP) is 2.52. The van der Waals surface area contributed by atoms with E-state index in [2.05, 4.69) is 24.4 Å². The molecule has 2 unspecified atom stereocenters. The molecule has 3 nitrogen and oxygen atoms in total. The first-order chi connectivity index (χ1) is 8.99. The third-order valence-corrected chi connectivity index (χ3v) is 4.12.